The van der Waals surface area contributed by atoms with E-state index in [2.05, 4.69) is 20.0 Å². The molecule has 3 aromatic rings. The number of carbonyl (C=O) groups is 2. The lowest BCUT2D eigenvalue weighted by molar-refractivity contribution is -0.138. The second-order valence-electron chi connectivity index (χ2n) is 12.5. The Labute approximate surface area is 272 Å². The predicted octanol–water partition coefficient (Wildman–Crippen LogP) is 6.90. The number of carboxylic acid groups (broad SMARTS) is 1. The lowest BCUT2D eigenvalue weighted by Gasteiger charge is -2.25. The topological polar surface area (TPSA) is 157 Å². The van der Waals surface area contributed by atoms with Gasteiger partial charge in [-0.1, -0.05) is 26.0 Å². The van der Waals surface area contributed by atoms with Crippen molar-refractivity contribution in [3.05, 3.63) is 64.2 Å². The summed E-state index contributed by atoms with van der Waals surface area (Å²) in [6.07, 6.45) is -4.90. The van der Waals surface area contributed by atoms with Crippen LogP contribution in [0.4, 0.5) is 23.9 Å². The maximum Gasteiger partial charge on any atom is 0.416 e. The molecular formula is C32H39F3N4O7S. The summed E-state index contributed by atoms with van der Waals surface area (Å²) in [4.78, 5) is 32.1. The molecule has 0 unspecified atom stereocenters. The Kier molecular flexibility index (Phi) is 11.2. The minimum Gasteiger partial charge on any atom is -0.478 e. The van der Waals surface area contributed by atoms with E-state index in [1.807, 2.05) is 13.8 Å². The smallest absolute Gasteiger partial charge is 0.416 e. The van der Waals surface area contributed by atoms with Gasteiger partial charge in [-0.05, 0) is 89.3 Å². The minimum atomic E-state index is -4.68. The van der Waals surface area contributed by atoms with Crippen molar-refractivity contribution in [3.63, 3.8) is 0 Å². The van der Waals surface area contributed by atoms with Gasteiger partial charge in [0, 0.05) is 11.1 Å². The summed E-state index contributed by atoms with van der Waals surface area (Å²) in [5.41, 5.74) is -1.37. The quantitative estimate of drug-likeness (QED) is 0.196. The number of benzene rings is 2. The zero-order chi connectivity index (χ0) is 35.5. The average Bonchev–Trinajstić information content (AvgIpc) is 2.91. The van der Waals surface area contributed by atoms with Crippen molar-refractivity contribution in [2.75, 3.05) is 11.3 Å². The van der Waals surface area contributed by atoms with Crippen LogP contribution in [0, 0.1) is 26.7 Å². The first-order valence-electron chi connectivity index (χ1n) is 14.6. The Bertz CT molecular complexity index is 1750. The summed E-state index contributed by atoms with van der Waals surface area (Å²) in [6, 6.07) is 6.23. The maximum absolute atomic E-state index is 13.9. The first kappa shape index (κ1) is 37.1. The molecule has 0 spiro atoms. The van der Waals surface area contributed by atoms with Crippen LogP contribution in [-0.2, 0) is 20.9 Å². The number of nitrogens with zero attached hydrogens (tertiary/aromatic N) is 2. The molecule has 47 heavy (non-hydrogen) atoms. The Morgan fingerprint density at radius 2 is 1.66 bits per heavy atom. The number of aryl methyl sites for hydroxylation is 1. The van der Waals surface area contributed by atoms with Crippen molar-refractivity contribution < 1.29 is 45.8 Å². The van der Waals surface area contributed by atoms with Gasteiger partial charge in [0.25, 0.3) is 10.0 Å². The van der Waals surface area contributed by atoms with Crippen LogP contribution in [0.25, 0.3) is 11.3 Å². The van der Waals surface area contributed by atoms with Crippen LogP contribution in [0.2, 0.25) is 0 Å². The monoisotopic (exact) mass is 680 g/mol. The molecule has 0 fully saturated rings. The van der Waals surface area contributed by atoms with E-state index in [9.17, 15) is 36.3 Å². The van der Waals surface area contributed by atoms with Crippen molar-refractivity contribution >= 4 is 28.0 Å². The van der Waals surface area contributed by atoms with Crippen molar-refractivity contribution in [2.45, 2.75) is 84.5 Å². The molecule has 0 aliphatic heterocycles. The normalized spacial score (nSPS) is 12.9. The molecule has 256 valence electrons. The van der Waals surface area contributed by atoms with E-state index in [0.29, 0.717) is 12.0 Å². The van der Waals surface area contributed by atoms with Crippen molar-refractivity contribution in [2.24, 2.45) is 5.92 Å². The Hall–Kier alpha value is -4.40. The van der Waals surface area contributed by atoms with Gasteiger partial charge in [-0.25, -0.2) is 27.7 Å². The van der Waals surface area contributed by atoms with Gasteiger partial charge in [-0.15, -0.1) is 0 Å². The minimum absolute atomic E-state index is 0.0198. The van der Waals surface area contributed by atoms with Crippen molar-refractivity contribution in [1.29, 1.82) is 0 Å². The molecule has 3 N–H and O–H groups in total. The molecule has 0 bridgehead atoms. The molecule has 0 radical (unpaired) electrons. The van der Waals surface area contributed by atoms with Gasteiger partial charge in [-0.3, -0.25) is 0 Å². The number of carboxylic acids is 1. The van der Waals surface area contributed by atoms with E-state index < -0.39 is 56.3 Å². The molecule has 1 heterocycles. The molecule has 0 saturated heterocycles. The van der Waals surface area contributed by atoms with E-state index in [1.165, 1.54) is 38.1 Å². The van der Waals surface area contributed by atoms with Gasteiger partial charge in [0.05, 0.1) is 27.8 Å². The van der Waals surface area contributed by atoms with Crippen LogP contribution in [-0.4, -0.2) is 53.8 Å². The second-order valence-corrected chi connectivity index (χ2v) is 14.2. The summed E-state index contributed by atoms with van der Waals surface area (Å²) < 4.78 is 82.0. The fourth-order valence-electron chi connectivity index (χ4n) is 4.81. The number of alkyl halides is 3. The zero-order valence-electron chi connectivity index (χ0n) is 27.4. The highest BCUT2D eigenvalue weighted by atomic mass is 32.2. The first-order valence-corrected chi connectivity index (χ1v) is 16.1. The van der Waals surface area contributed by atoms with Crippen LogP contribution in [0.3, 0.4) is 0 Å². The first-order chi connectivity index (χ1) is 21.6. The van der Waals surface area contributed by atoms with Crippen LogP contribution in [0.5, 0.6) is 5.88 Å². The molecule has 2 aromatic carbocycles. The van der Waals surface area contributed by atoms with Gasteiger partial charge >= 0.3 is 18.2 Å². The largest absolute Gasteiger partial charge is 0.478 e. The van der Waals surface area contributed by atoms with Gasteiger partial charge in [0.2, 0.25) is 11.8 Å². The molecule has 0 aliphatic rings. The lowest BCUT2D eigenvalue weighted by Crippen LogP contribution is -2.43. The number of rotatable bonds is 11. The number of alkyl carbamates (subject to hydrolysis) is 1. The van der Waals surface area contributed by atoms with Crippen LogP contribution in [0.15, 0.2) is 41.3 Å². The molecule has 1 aromatic heterocycles. The predicted molar refractivity (Wildman–Crippen MR) is 169 cm³/mol. The highest BCUT2D eigenvalue weighted by Crippen LogP contribution is 2.40. The molecule has 3 rings (SSSR count). The number of hydrogen-bond acceptors (Lipinski definition) is 8. The number of nitrogens with one attached hydrogen (secondary N) is 2. The van der Waals surface area contributed by atoms with Gasteiger partial charge in [-0.2, -0.15) is 18.2 Å². The zero-order valence-corrected chi connectivity index (χ0v) is 28.2. The summed E-state index contributed by atoms with van der Waals surface area (Å²) in [5.74, 6) is -1.92. The number of ether oxygens (including phenoxy) is 2. The Morgan fingerprint density at radius 3 is 2.23 bits per heavy atom. The fourth-order valence-corrected chi connectivity index (χ4v) is 5.80. The molecular weight excluding hydrogens is 641 g/mol. The van der Waals surface area contributed by atoms with E-state index in [0.717, 1.165) is 12.1 Å². The summed E-state index contributed by atoms with van der Waals surface area (Å²) in [6.45, 7) is 13.3. The lowest BCUT2D eigenvalue weighted by atomic mass is 9.93. The standard InChI is InChI=1S/C32H39F3N4O7S/c1-17(2)14-22(36-30(42)46-31(6,7)8)16-45-27-20(5)26(25-18(3)12-13-24(19(25)4)32(33,34)35)37-29(38-27)39-47(43,44)23-11-9-10-21(15-23)28(40)41/h9-13,15,17,22H,14,16H2,1-8H3,(H,36,42)(H,40,41)(H,37,38,39)/t22-/m1/s1. The molecule has 11 nitrogen and oxygen atoms in total. The van der Waals surface area contributed by atoms with E-state index in [4.69, 9.17) is 9.47 Å². The van der Waals surface area contributed by atoms with Gasteiger partial charge in [0.1, 0.15) is 12.2 Å². The average molecular weight is 681 g/mol. The van der Waals surface area contributed by atoms with Crippen molar-refractivity contribution in [3.8, 4) is 17.1 Å². The summed E-state index contributed by atoms with van der Waals surface area (Å²) in [5, 5.41) is 12.1. The highest BCUT2D eigenvalue weighted by molar-refractivity contribution is 7.92. The SMILES string of the molecule is Cc1ccc(C(F)(F)F)c(C)c1-c1nc(NS(=O)(=O)c2cccc(C(=O)O)c2)nc(OC[C@@H](CC(C)C)NC(=O)OC(C)(C)C)c1C. The van der Waals surface area contributed by atoms with E-state index in [1.54, 1.807) is 27.7 Å². The number of sulfonamides is 1. The van der Waals surface area contributed by atoms with Crippen LogP contribution < -0.4 is 14.8 Å². The van der Waals surface area contributed by atoms with Crippen molar-refractivity contribution in [1.82, 2.24) is 15.3 Å². The third-order valence-electron chi connectivity index (χ3n) is 6.83. The molecule has 0 aliphatic carbocycles. The third kappa shape index (κ3) is 9.80. The van der Waals surface area contributed by atoms with E-state index in [-0.39, 0.29) is 46.4 Å². The third-order valence-corrected chi connectivity index (χ3v) is 8.16. The highest BCUT2D eigenvalue weighted by Gasteiger charge is 2.34. The number of halogens is 3. The summed E-state index contributed by atoms with van der Waals surface area (Å²) >= 11 is 0. The number of carbonyl (C=O) groups excluding carboxylic acids is 1. The van der Waals surface area contributed by atoms with Crippen LogP contribution >= 0.6 is 0 Å². The molecule has 1 atom stereocenters. The number of anilines is 1. The van der Waals surface area contributed by atoms with Crippen LogP contribution in [0.1, 0.15) is 73.7 Å². The second kappa shape index (κ2) is 14.2. The van der Waals surface area contributed by atoms with E-state index >= 15 is 0 Å². The fraction of sp³-hybridized carbons (Fsp3) is 0.438. The Balaban J connectivity index is 2.15. The van der Waals surface area contributed by atoms with Gasteiger partial charge in [0.15, 0.2) is 0 Å². The number of aromatic nitrogens is 2. The number of hydrogen-bond donors (Lipinski definition) is 3. The Morgan fingerprint density at radius 1 is 1.00 bits per heavy atom. The van der Waals surface area contributed by atoms with Gasteiger partial charge < -0.3 is 19.9 Å². The molecule has 15 heteroatoms. The summed E-state index contributed by atoms with van der Waals surface area (Å²) in [7, 11) is -4.48. The molecule has 1 amide bonds. The number of amides is 1. The molecule has 0 saturated carbocycles. The number of aromatic carboxylic acids is 1. The maximum atomic E-state index is 13.9.